The molecule has 10 aromatic rings. The number of allylic oxidation sites excluding steroid dienone is 2. The third-order valence-corrected chi connectivity index (χ3v) is 12.4. The van der Waals surface area contributed by atoms with Crippen LogP contribution in [-0.4, -0.2) is 25.6 Å². The summed E-state index contributed by atoms with van der Waals surface area (Å²) in [6.07, 6.45) is 7.15. The SMILES string of the molecule is C1=CC2C(C=C1c1ccc3c(c1)c1ccccc1n3-c1nc(-c3ccc(-c4ccccc4)cc3)nc(-c3ccc(-c4ccccc4)cc3)n1)c1ccccc1N2c1ccccc1. The Morgan fingerprint density at radius 3 is 1.58 bits per heavy atom. The van der Waals surface area contributed by atoms with Crippen molar-refractivity contribution in [2.24, 2.45) is 0 Å². The number of hydrogen-bond donors (Lipinski definition) is 0. The van der Waals surface area contributed by atoms with Gasteiger partial charge in [-0.2, -0.15) is 9.97 Å². The van der Waals surface area contributed by atoms with Crippen LogP contribution in [0.2, 0.25) is 0 Å². The van der Waals surface area contributed by atoms with E-state index in [1.165, 1.54) is 39.2 Å². The van der Waals surface area contributed by atoms with Crippen LogP contribution in [0.15, 0.2) is 224 Å². The summed E-state index contributed by atoms with van der Waals surface area (Å²) in [5, 5.41) is 2.29. The number of hydrogen-bond acceptors (Lipinski definition) is 4. The standard InChI is InChI=1S/C57H39N5/c1-4-14-38(15-5-1)40-24-28-42(29-25-40)55-58-56(43-30-26-41(27-31-43)39-16-6-2-7-17-39)60-57(59-55)62-52-23-13-11-21-48(52)50-37-45(33-35-54(50)62)44-32-34-53-49(36-44)47-20-10-12-22-51(47)61(53)46-18-8-3-9-19-46/h1-37,49,53H. The summed E-state index contributed by atoms with van der Waals surface area (Å²) in [5.74, 6) is 2.04. The normalized spacial score (nSPS) is 15.4. The average Bonchev–Trinajstić information content (AvgIpc) is 3.87. The van der Waals surface area contributed by atoms with Gasteiger partial charge in [0.05, 0.1) is 17.1 Å². The van der Waals surface area contributed by atoms with E-state index in [1.807, 2.05) is 12.1 Å². The lowest BCUT2D eigenvalue weighted by atomic mass is 9.86. The molecule has 8 aromatic carbocycles. The zero-order chi connectivity index (χ0) is 41.0. The quantitative estimate of drug-likeness (QED) is 0.161. The van der Waals surface area contributed by atoms with Gasteiger partial charge in [-0.25, -0.2) is 4.98 Å². The maximum atomic E-state index is 5.25. The van der Waals surface area contributed by atoms with Crippen molar-refractivity contribution in [3.05, 3.63) is 236 Å². The first-order valence-corrected chi connectivity index (χ1v) is 21.2. The summed E-state index contributed by atoms with van der Waals surface area (Å²) < 4.78 is 2.20. The summed E-state index contributed by atoms with van der Waals surface area (Å²) in [4.78, 5) is 18.1. The molecule has 0 radical (unpaired) electrons. The Morgan fingerprint density at radius 2 is 0.919 bits per heavy atom. The van der Waals surface area contributed by atoms with Gasteiger partial charge in [0.1, 0.15) is 0 Å². The van der Waals surface area contributed by atoms with E-state index in [0.717, 1.165) is 44.1 Å². The van der Waals surface area contributed by atoms with Gasteiger partial charge in [0.2, 0.25) is 5.95 Å². The van der Waals surface area contributed by atoms with Crippen molar-refractivity contribution in [1.29, 1.82) is 0 Å². The maximum Gasteiger partial charge on any atom is 0.238 e. The average molecular weight is 794 g/mol. The van der Waals surface area contributed by atoms with Crippen LogP contribution in [0.3, 0.4) is 0 Å². The number of aromatic nitrogens is 4. The molecule has 0 saturated carbocycles. The van der Waals surface area contributed by atoms with Crippen molar-refractivity contribution in [3.8, 4) is 51.0 Å². The van der Waals surface area contributed by atoms with Crippen LogP contribution in [0.1, 0.15) is 17.0 Å². The lowest BCUT2D eigenvalue weighted by Crippen LogP contribution is -2.28. The van der Waals surface area contributed by atoms with Gasteiger partial charge >= 0.3 is 0 Å². The van der Waals surface area contributed by atoms with Crippen molar-refractivity contribution in [1.82, 2.24) is 19.5 Å². The van der Waals surface area contributed by atoms with Crippen LogP contribution in [0.5, 0.6) is 0 Å². The first kappa shape index (κ1) is 35.8. The molecule has 2 atom stereocenters. The lowest BCUT2D eigenvalue weighted by molar-refractivity contribution is 0.747. The molecule has 5 heteroatoms. The summed E-state index contributed by atoms with van der Waals surface area (Å²) >= 11 is 0. The van der Waals surface area contributed by atoms with Crippen LogP contribution in [0, 0.1) is 0 Å². The highest BCUT2D eigenvalue weighted by Crippen LogP contribution is 2.49. The van der Waals surface area contributed by atoms with Gasteiger partial charge in [-0.15, -0.1) is 0 Å². The van der Waals surface area contributed by atoms with Gasteiger partial charge < -0.3 is 4.90 Å². The number of benzene rings is 8. The molecule has 2 aliphatic rings. The number of anilines is 2. The number of fused-ring (bicyclic) bond motifs is 6. The molecule has 0 saturated heterocycles. The zero-order valence-corrected chi connectivity index (χ0v) is 33.8. The third-order valence-electron chi connectivity index (χ3n) is 12.4. The van der Waals surface area contributed by atoms with Crippen LogP contribution in [-0.2, 0) is 0 Å². The first-order valence-electron chi connectivity index (χ1n) is 21.2. The summed E-state index contributed by atoms with van der Waals surface area (Å²) in [7, 11) is 0. The highest BCUT2D eigenvalue weighted by molar-refractivity contribution is 6.10. The lowest BCUT2D eigenvalue weighted by Gasteiger charge is -2.29. The monoisotopic (exact) mass is 793 g/mol. The minimum atomic E-state index is 0.209. The van der Waals surface area contributed by atoms with Gasteiger partial charge in [0.25, 0.3) is 0 Å². The van der Waals surface area contributed by atoms with Gasteiger partial charge in [0.15, 0.2) is 11.6 Å². The fourth-order valence-electron chi connectivity index (χ4n) is 9.41. The Kier molecular flexibility index (Phi) is 8.56. The molecule has 0 amide bonds. The molecule has 5 nitrogen and oxygen atoms in total. The van der Waals surface area contributed by atoms with Crippen LogP contribution in [0.25, 0.3) is 78.4 Å². The predicted molar refractivity (Wildman–Crippen MR) is 255 cm³/mol. The zero-order valence-electron chi connectivity index (χ0n) is 33.8. The first-order chi connectivity index (χ1) is 30.7. The smallest absolute Gasteiger partial charge is 0.238 e. The van der Waals surface area contributed by atoms with Crippen LogP contribution < -0.4 is 4.90 Å². The minimum absolute atomic E-state index is 0.209. The third kappa shape index (κ3) is 6.13. The second-order valence-corrected chi connectivity index (χ2v) is 16.0. The topological polar surface area (TPSA) is 46.8 Å². The van der Waals surface area contributed by atoms with E-state index in [1.54, 1.807) is 0 Å². The summed E-state index contributed by atoms with van der Waals surface area (Å²) in [5.41, 5.74) is 14.8. The predicted octanol–water partition coefficient (Wildman–Crippen LogP) is 13.9. The second kappa shape index (κ2) is 14.8. The minimum Gasteiger partial charge on any atom is -0.333 e. The molecule has 1 aliphatic carbocycles. The van der Waals surface area contributed by atoms with Crippen LogP contribution in [0.4, 0.5) is 11.4 Å². The molecule has 0 N–H and O–H groups in total. The van der Waals surface area contributed by atoms with Crippen LogP contribution >= 0.6 is 0 Å². The van der Waals surface area contributed by atoms with Crippen molar-refractivity contribution in [3.63, 3.8) is 0 Å². The highest BCUT2D eigenvalue weighted by atomic mass is 15.2. The van der Waals surface area contributed by atoms with Crippen molar-refractivity contribution in [2.45, 2.75) is 12.0 Å². The van der Waals surface area contributed by atoms with Crippen molar-refractivity contribution >= 4 is 38.8 Å². The van der Waals surface area contributed by atoms with Gasteiger partial charge in [-0.3, -0.25) is 4.57 Å². The largest absolute Gasteiger partial charge is 0.333 e. The van der Waals surface area contributed by atoms with Crippen molar-refractivity contribution < 1.29 is 0 Å². The molecule has 3 heterocycles. The van der Waals surface area contributed by atoms with E-state index in [9.17, 15) is 0 Å². The van der Waals surface area contributed by atoms with Gasteiger partial charge in [-0.1, -0.05) is 188 Å². The Morgan fingerprint density at radius 1 is 0.403 bits per heavy atom. The molecule has 1 aliphatic heterocycles. The van der Waals surface area contributed by atoms with E-state index in [2.05, 4.69) is 222 Å². The second-order valence-electron chi connectivity index (χ2n) is 16.0. The van der Waals surface area contributed by atoms with E-state index in [-0.39, 0.29) is 12.0 Å². The molecule has 0 spiro atoms. The molecule has 0 fully saturated rings. The molecule has 2 unspecified atom stereocenters. The molecular weight excluding hydrogens is 755 g/mol. The van der Waals surface area contributed by atoms with E-state index in [4.69, 9.17) is 15.0 Å². The number of nitrogens with zero attached hydrogens (tertiary/aromatic N) is 5. The van der Waals surface area contributed by atoms with E-state index >= 15 is 0 Å². The van der Waals surface area contributed by atoms with E-state index in [0.29, 0.717) is 17.6 Å². The number of para-hydroxylation sites is 3. The maximum absolute atomic E-state index is 5.25. The Bertz CT molecular complexity index is 3230. The van der Waals surface area contributed by atoms with Crippen molar-refractivity contribution in [2.75, 3.05) is 4.90 Å². The molecule has 292 valence electrons. The Balaban J connectivity index is 0.976. The molecule has 12 rings (SSSR count). The fourth-order valence-corrected chi connectivity index (χ4v) is 9.41. The Labute approximate surface area is 360 Å². The molecule has 2 aromatic heterocycles. The molecule has 62 heavy (non-hydrogen) atoms. The van der Waals surface area contributed by atoms with Gasteiger partial charge in [0, 0.05) is 39.2 Å². The van der Waals surface area contributed by atoms with Gasteiger partial charge in [-0.05, 0) is 75.4 Å². The summed E-state index contributed by atoms with van der Waals surface area (Å²) in [6, 6.07) is 73.1. The highest BCUT2D eigenvalue weighted by Gasteiger charge is 2.38. The fraction of sp³-hybridized carbons (Fsp3) is 0.0351. The number of rotatable bonds is 7. The Hall–Kier alpha value is -8.15. The molecule has 0 bridgehead atoms. The summed E-state index contributed by atoms with van der Waals surface area (Å²) in [6.45, 7) is 0. The molecular formula is C57H39N5. The van der Waals surface area contributed by atoms with E-state index < -0.39 is 0 Å².